The quantitative estimate of drug-likeness (QED) is 0.540. The maximum atomic E-state index is 11.4. The third-order valence-corrected chi connectivity index (χ3v) is 5.08. The number of fused-ring (bicyclic) bond motifs is 1. The molecule has 0 radical (unpaired) electrons. The molecule has 2 aromatic rings. The summed E-state index contributed by atoms with van der Waals surface area (Å²) in [6, 6.07) is 3.62. The highest BCUT2D eigenvalue weighted by Crippen LogP contribution is 2.47. The number of ether oxygens (including phenoxy) is 3. The second kappa shape index (κ2) is 6.23. The standard InChI is InChI=1S/C15H14Br2O4/c1-7-13(16)10-5-9(19-3)6-11(20-4)12(10)15(14(7)17)21-8(2)18/h5-6H,1-4H3. The SMILES string of the molecule is COc1cc(OC)c2c(OC(C)=O)c(Br)c(C)c(Br)c2c1. The van der Waals surface area contributed by atoms with Gasteiger partial charge in [-0.15, -0.1) is 0 Å². The summed E-state index contributed by atoms with van der Waals surface area (Å²) in [6.07, 6.45) is 0. The third-order valence-electron chi connectivity index (χ3n) is 3.10. The second-order valence-electron chi connectivity index (χ2n) is 4.43. The van der Waals surface area contributed by atoms with Gasteiger partial charge in [0.1, 0.15) is 11.5 Å². The molecule has 0 heterocycles. The zero-order valence-electron chi connectivity index (χ0n) is 12.0. The lowest BCUT2D eigenvalue weighted by atomic mass is 10.0. The Kier molecular flexibility index (Phi) is 4.78. The molecule has 0 N–H and O–H groups in total. The fraction of sp³-hybridized carbons (Fsp3) is 0.267. The number of hydrogen-bond donors (Lipinski definition) is 0. The average molecular weight is 418 g/mol. The Morgan fingerprint density at radius 1 is 1.10 bits per heavy atom. The van der Waals surface area contributed by atoms with Crippen LogP contribution >= 0.6 is 31.9 Å². The summed E-state index contributed by atoms with van der Waals surface area (Å²) in [7, 11) is 3.15. The van der Waals surface area contributed by atoms with Crippen LogP contribution in [0.15, 0.2) is 21.1 Å². The summed E-state index contributed by atoms with van der Waals surface area (Å²) < 4.78 is 17.7. The van der Waals surface area contributed by atoms with Gasteiger partial charge >= 0.3 is 5.97 Å². The van der Waals surface area contributed by atoms with Crippen LogP contribution in [0.1, 0.15) is 12.5 Å². The first-order chi connectivity index (χ1) is 9.90. The van der Waals surface area contributed by atoms with Gasteiger partial charge in [0.2, 0.25) is 0 Å². The monoisotopic (exact) mass is 416 g/mol. The van der Waals surface area contributed by atoms with E-state index in [4.69, 9.17) is 14.2 Å². The van der Waals surface area contributed by atoms with Crippen molar-refractivity contribution in [1.29, 1.82) is 0 Å². The van der Waals surface area contributed by atoms with Crippen molar-refractivity contribution in [3.8, 4) is 17.2 Å². The normalized spacial score (nSPS) is 10.6. The molecule has 0 fully saturated rings. The molecule has 21 heavy (non-hydrogen) atoms. The van der Waals surface area contributed by atoms with E-state index in [0.717, 1.165) is 15.4 Å². The molecular weight excluding hydrogens is 404 g/mol. The Morgan fingerprint density at radius 2 is 1.76 bits per heavy atom. The lowest BCUT2D eigenvalue weighted by molar-refractivity contribution is -0.131. The molecule has 0 saturated heterocycles. The Balaban J connectivity index is 2.96. The van der Waals surface area contributed by atoms with E-state index in [-0.39, 0.29) is 0 Å². The summed E-state index contributed by atoms with van der Waals surface area (Å²) in [6.45, 7) is 3.29. The van der Waals surface area contributed by atoms with Crippen LogP contribution in [0.2, 0.25) is 0 Å². The predicted octanol–water partition coefficient (Wildman–Crippen LogP) is 4.62. The molecule has 0 aromatic heterocycles. The molecule has 0 saturated carbocycles. The molecule has 4 nitrogen and oxygen atoms in total. The van der Waals surface area contributed by atoms with E-state index in [1.807, 2.05) is 13.0 Å². The highest BCUT2D eigenvalue weighted by atomic mass is 79.9. The second-order valence-corrected chi connectivity index (χ2v) is 6.01. The first-order valence-electron chi connectivity index (χ1n) is 6.12. The lowest BCUT2D eigenvalue weighted by Gasteiger charge is -2.17. The van der Waals surface area contributed by atoms with Gasteiger partial charge in [0.25, 0.3) is 0 Å². The number of esters is 1. The molecule has 0 aliphatic rings. The molecule has 6 heteroatoms. The van der Waals surface area contributed by atoms with E-state index in [0.29, 0.717) is 27.1 Å². The maximum Gasteiger partial charge on any atom is 0.308 e. The summed E-state index contributed by atoms with van der Waals surface area (Å²) in [5.41, 5.74) is 0.925. The number of benzene rings is 2. The van der Waals surface area contributed by atoms with Gasteiger partial charge in [-0.05, 0) is 50.4 Å². The van der Waals surface area contributed by atoms with Crippen LogP contribution in [-0.4, -0.2) is 20.2 Å². The minimum Gasteiger partial charge on any atom is -0.497 e. The van der Waals surface area contributed by atoms with Crippen LogP contribution in [0, 0.1) is 6.92 Å². The van der Waals surface area contributed by atoms with Crippen molar-refractivity contribution in [2.75, 3.05) is 14.2 Å². The van der Waals surface area contributed by atoms with Crippen molar-refractivity contribution in [1.82, 2.24) is 0 Å². The topological polar surface area (TPSA) is 44.8 Å². The smallest absolute Gasteiger partial charge is 0.308 e. The number of methoxy groups -OCH3 is 2. The van der Waals surface area contributed by atoms with Crippen molar-refractivity contribution in [2.24, 2.45) is 0 Å². The van der Waals surface area contributed by atoms with Gasteiger partial charge < -0.3 is 14.2 Å². The van der Waals surface area contributed by atoms with E-state index in [1.165, 1.54) is 6.92 Å². The van der Waals surface area contributed by atoms with Crippen molar-refractivity contribution in [3.63, 3.8) is 0 Å². The van der Waals surface area contributed by atoms with Crippen LogP contribution < -0.4 is 14.2 Å². The van der Waals surface area contributed by atoms with Crippen LogP contribution in [0.25, 0.3) is 10.8 Å². The highest BCUT2D eigenvalue weighted by Gasteiger charge is 2.21. The number of carbonyl (C=O) groups excluding carboxylic acids is 1. The fourth-order valence-electron chi connectivity index (χ4n) is 2.09. The molecule has 0 unspecified atom stereocenters. The van der Waals surface area contributed by atoms with Crippen LogP contribution in [0.4, 0.5) is 0 Å². The Bertz CT molecular complexity index is 726. The molecule has 0 bridgehead atoms. The lowest BCUT2D eigenvalue weighted by Crippen LogP contribution is -2.04. The minimum absolute atomic E-state index is 0.392. The van der Waals surface area contributed by atoms with Crippen molar-refractivity contribution >= 4 is 48.6 Å². The fourth-order valence-corrected chi connectivity index (χ4v) is 3.35. The van der Waals surface area contributed by atoms with Crippen LogP contribution in [0.3, 0.4) is 0 Å². The molecule has 0 aliphatic heterocycles. The van der Waals surface area contributed by atoms with Crippen LogP contribution in [0.5, 0.6) is 17.2 Å². The van der Waals surface area contributed by atoms with Gasteiger partial charge in [-0.2, -0.15) is 0 Å². The summed E-state index contributed by atoms with van der Waals surface area (Å²) >= 11 is 7.06. The van der Waals surface area contributed by atoms with Gasteiger partial charge in [-0.25, -0.2) is 0 Å². The zero-order chi connectivity index (χ0) is 15.7. The van der Waals surface area contributed by atoms with Crippen molar-refractivity contribution in [3.05, 3.63) is 26.6 Å². The van der Waals surface area contributed by atoms with Gasteiger partial charge in [-0.1, -0.05) is 0 Å². The first-order valence-corrected chi connectivity index (χ1v) is 7.71. The Hall–Kier alpha value is -1.27. The molecule has 0 atom stereocenters. The number of carbonyl (C=O) groups is 1. The van der Waals surface area contributed by atoms with E-state index in [1.54, 1.807) is 20.3 Å². The minimum atomic E-state index is -0.392. The largest absolute Gasteiger partial charge is 0.497 e. The average Bonchev–Trinajstić information content (AvgIpc) is 2.47. The van der Waals surface area contributed by atoms with Gasteiger partial charge in [-0.3, -0.25) is 4.79 Å². The summed E-state index contributed by atoms with van der Waals surface area (Å²) in [5.74, 6) is 1.28. The van der Waals surface area contributed by atoms with E-state index >= 15 is 0 Å². The molecule has 0 amide bonds. The summed E-state index contributed by atoms with van der Waals surface area (Å²) in [4.78, 5) is 11.4. The predicted molar refractivity (Wildman–Crippen MR) is 88.5 cm³/mol. The van der Waals surface area contributed by atoms with Gasteiger partial charge in [0, 0.05) is 22.8 Å². The van der Waals surface area contributed by atoms with Crippen LogP contribution in [-0.2, 0) is 4.79 Å². The molecule has 2 aromatic carbocycles. The Morgan fingerprint density at radius 3 is 2.29 bits per heavy atom. The maximum absolute atomic E-state index is 11.4. The van der Waals surface area contributed by atoms with Gasteiger partial charge in [0.15, 0.2) is 5.75 Å². The van der Waals surface area contributed by atoms with Gasteiger partial charge in [0.05, 0.1) is 24.1 Å². The number of rotatable bonds is 3. The Labute approximate surface area is 139 Å². The third kappa shape index (κ3) is 2.87. The van der Waals surface area contributed by atoms with E-state index in [9.17, 15) is 4.79 Å². The molecular formula is C15H14Br2O4. The molecule has 0 spiro atoms. The van der Waals surface area contributed by atoms with E-state index in [2.05, 4.69) is 31.9 Å². The summed E-state index contributed by atoms with van der Waals surface area (Å²) in [5, 5.41) is 1.56. The molecule has 112 valence electrons. The molecule has 2 rings (SSSR count). The first kappa shape index (κ1) is 16.1. The van der Waals surface area contributed by atoms with E-state index < -0.39 is 5.97 Å². The van der Waals surface area contributed by atoms with Crippen molar-refractivity contribution in [2.45, 2.75) is 13.8 Å². The zero-order valence-corrected chi connectivity index (χ0v) is 15.2. The molecule has 0 aliphatic carbocycles. The number of hydrogen-bond acceptors (Lipinski definition) is 4. The number of halogens is 2. The van der Waals surface area contributed by atoms with Crippen molar-refractivity contribution < 1.29 is 19.0 Å². The highest BCUT2D eigenvalue weighted by molar-refractivity contribution is 9.11.